The highest BCUT2D eigenvalue weighted by Crippen LogP contribution is 2.32. The van der Waals surface area contributed by atoms with Crippen LogP contribution in [0.5, 0.6) is 0 Å². The first-order valence-corrected chi connectivity index (χ1v) is 6.38. The van der Waals surface area contributed by atoms with Crippen molar-refractivity contribution >= 4 is 0 Å². The molecule has 1 aliphatic rings. The Labute approximate surface area is 106 Å². The first kappa shape index (κ1) is 11.3. The number of rotatable bonds is 0. The molecule has 2 heteroatoms. The summed E-state index contributed by atoms with van der Waals surface area (Å²) in [6.07, 6.45) is 2.83. The minimum atomic E-state index is 0.114. The minimum Gasteiger partial charge on any atom is -0.461 e. The Morgan fingerprint density at radius 2 is 1.94 bits per heavy atom. The van der Waals surface area contributed by atoms with Crippen LogP contribution in [-0.4, -0.2) is 0 Å². The Hall–Kier alpha value is -1.83. The Bertz CT molecular complexity index is 665. The molecule has 0 radical (unpaired) electrons. The number of fused-ring (bicyclic) bond motifs is 3. The van der Waals surface area contributed by atoms with Crippen molar-refractivity contribution in [2.24, 2.45) is 0 Å². The van der Waals surface area contributed by atoms with Crippen LogP contribution in [0.15, 0.2) is 33.5 Å². The van der Waals surface area contributed by atoms with Crippen LogP contribution in [0.3, 0.4) is 0 Å². The Balaban J connectivity index is 2.36. The number of hydrogen-bond acceptors (Lipinski definition) is 2. The second-order valence-electron chi connectivity index (χ2n) is 5.04. The zero-order valence-corrected chi connectivity index (χ0v) is 10.7. The van der Waals surface area contributed by atoms with Crippen molar-refractivity contribution in [3.8, 4) is 11.3 Å². The summed E-state index contributed by atoms with van der Waals surface area (Å²) in [5.74, 6) is 1.48. The molecule has 2 aromatic rings. The SMILES string of the molecule is Cc1ccc2c(c1)-c1oc(C)cc(=O)c1CCC2. The molecule has 0 N–H and O–H groups in total. The zero-order valence-electron chi connectivity index (χ0n) is 10.7. The summed E-state index contributed by atoms with van der Waals surface area (Å²) in [5.41, 5.74) is 4.54. The van der Waals surface area contributed by atoms with Gasteiger partial charge in [0.2, 0.25) is 0 Å². The van der Waals surface area contributed by atoms with E-state index in [0.717, 1.165) is 36.1 Å². The fourth-order valence-electron chi connectivity index (χ4n) is 2.67. The third-order valence-electron chi connectivity index (χ3n) is 3.55. The zero-order chi connectivity index (χ0) is 12.7. The van der Waals surface area contributed by atoms with Crippen molar-refractivity contribution in [3.05, 3.63) is 56.9 Å². The molecule has 0 spiro atoms. The van der Waals surface area contributed by atoms with Gasteiger partial charge < -0.3 is 4.42 Å². The fourth-order valence-corrected chi connectivity index (χ4v) is 2.67. The molecule has 2 nitrogen and oxygen atoms in total. The molecule has 0 atom stereocenters. The molecule has 1 aliphatic carbocycles. The quantitative estimate of drug-likeness (QED) is 0.706. The van der Waals surface area contributed by atoms with Crippen LogP contribution in [0.25, 0.3) is 11.3 Å². The molecule has 1 heterocycles. The van der Waals surface area contributed by atoms with Gasteiger partial charge in [-0.15, -0.1) is 0 Å². The van der Waals surface area contributed by atoms with Gasteiger partial charge in [0.05, 0.1) is 0 Å². The number of aryl methyl sites for hydroxylation is 3. The van der Waals surface area contributed by atoms with Crippen molar-refractivity contribution in [1.29, 1.82) is 0 Å². The molecule has 0 saturated heterocycles. The maximum atomic E-state index is 12.1. The lowest BCUT2D eigenvalue weighted by Gasteiger charge is -2.09. The van der Waals surface area contributed by atoms with E-state index in [9.17, 15) is 4.79 Å². The van der Waals surface area contributed by atoms with Crippen LogP contribution in [0, 0.1) is 13.8 Å². The third-order valence-corrected chi connectivity index (χ3v) is 3.55. The maximum Gasteiger partial charge on any atom is 0.188 e. The molecule has 0 saturated carbocycles. The molecule has 1 aromatic carbocycles. The lowest BCUT2D eigenvalue weighted by Crippen LogP contribution is -2.09. The topological polar surface area (TPSA) is 30.2 Å². The highest BCUT2D eigenvalue weighted by molar-refractivity contribution is 5.67. The molecule has 0 bridgehead atoms. The lowest BCUT2D eigenvalue weighted by atomic mass is 10.00. The molecular formula is C16H16O2. The van der Waals surface area contributed by atoms with Crippen LogP contribution >= 0.6 is 0 Å². The van der Waals surface area contributed by atoms with Crippen molar-refractivity contribution in [3.63, 3.8) is 0 Å². The second-order valence-corrected chi connectivity index (χ2v) is 5.04. The van der Waals surface area contributed by atoms with Gasteiger partial charge in [0, 0.05) is 17.2 Å². The summed E-state index contributed by atoms with van der Waals surface area (Å²) in [7, 11) is 0. The maximum absolute atomic E-state index is 12.1. The van der Waals surface area contributed by atoms with Gasteiger partial charge in [0.15, 0.2) is 5.43 Å². The van der Waals surface area contributed by atoms with Crippen LogP contribution in [-0.2, 0) is 12.8 Å². The van der Waals surface area contributed by atoms with Crippen LogP contribution < -0.4 is 5.43 Å². The summed E-state index contributed by atoms with van der Waals surface area (Å²) >= 11 is 0. The van der Waals surface area contributed by atoms with E-state index >= 15 is 0 Å². The predicted molar refractivity (Wildman–Crippen MR) is 71.9 cm³/mol. The average molecular weight is 240 g/mol. The van der Waals surface area contributed by atoms with Crippen LogP contribution in [0.1, 0.15) is 28.9 Å². The average Bonchev–Trinajstić information content (AvgIpc) is 2.49. The first-order valence-electron chi connectivity index (χ1n) is 6.38. The van der Waals surface area contributed by atoms with Crippen molar-refractivity contribution in [1.82, 2.24) is 0 Å². The number of benzene rings is 1. The fraction of sp³-hybridized carbons (Fsp3) is 0.312. The molecule has 0 aliphatic heterocycles. The van der Waals surface area contributed by atoms with Crippen molar-refractivity contribution in [2.75, 3.05) is 0 Å². The molecule has 0 fully saturated rings. The minimum absolute atomic E-state index is 0.114. The monoisotopic (exact) mass is 240 g/mol. The van der Waals surface area contributed by atoms with E-state index in [0.29, 0.717) is 5.76 Å². The molecule has 3 rings (SSSR count). The summed E-state index contributed by atoms with van der Waals surface area (Å²) in [5, 5.41) is 0. The number of hydrogen-bond donors (Lipinski definition) is 0. The van der Waals surface area contributed by atoms with Gasteiger partial charge in [0.1, 0.15) is 11.5 Å². The van der Waals surface area contributed by atoms with Gasteiger partial charge >= 0.3 is 0 Å². The predicted octanol–water partition coefficient (Wildman–Crippen LogP) is 3.41. The van der Waals surface area contributed by atoms with Gasteiger partial charge in [-0.05, 0) is 44.7 Å². The molecule has 1 aromatic heterocycles. The Morgan fingerprint density at radius 3 is 2.78 bits per heavy atom. The molecule has 0 amide bonds. The van der Waals surface area contributed by atoms with E-state index in [1.165, 1.54) is 11.1 Å². The van der Waals surface area contributed by atoms with Gasteiger partial charge in [-0.25, -0.2) is 0 Å². The summed E-state index contributed by atoms with van der Waals surface area (Å²) in [6.45, 7) is 3.90. The van der Waals surface area contributed by atoms with E-state index in [1.54, 1.807) is 6.07 Å². The Morgan fingerprint density at radius 1 is 1.11 bits per heavy atom. The van der Waals surface area contributed by atoms with E-state index in [-0.39, 0.29) is 5.43 Å². The summed E-state index contributed by atoms with van der Waals surface area (Å²) in [4.78, 5) is 12.1. The summed E-state index contributed by atoms with van der Waals surface area (Å²) in [6, 6.07) is 8.00. The van der Waals surface area contributed by atoms with Gasteiger partial charge in [-0.3, -0.25) is 4.79 Å². The van der Waals surface area contributed by atoms with E-state index < -0.39 is 0 Å². The van der Waals surface area contributed by atoms with Crippen molar-refractivity contribution < 1.29 is 4.42 Å². The van der Waals surface area contributed by atoms with E-state index in [1.807, 2.05) is 6.92 Å². The second kappa shape index (κ2) is 4.13. The Kier molecular flexibility index (Phi) is 2.58. The molecule has 92 valence electrons. The van der Waals surface area contributed by atoms with Crippen LogP contribution in [0.4, 0.5) is 0 Å². The third kappa shape index (κ3) is 1.78. The van der Waals surface area contributed by atoms with E-state index in [4.69, 9.17) is 4.42 Å². The lowest BCUT2D eigenvalue weighted by molar-refractivity contribution is 0.523. The van der Waals surface area contributed by atoms with Crippen LogP contribution in [0.2, 0.25) is 0 Å². The molecule has 18 heavy (non-hydrogen) atoms. The van der Waals surface area contributed by atoms with Gasteiger partial charge in [0.25, 0.3) is 0 Å². The van der Waals surface area contributed by atoms with Gasteiger partial charge in [-0.2, -0.15) is 0 Å². The molecular weight excluding hydrogens is 224 g/mol. The summed E-state index contributed by atoms with van der Waals surface area (Å²) < 4.78 is 5.84. The molecule has 0 unspecified atom stereocenters. The highest BCUT2D eigenvalue weighted by atomic mass is 16.3. The standard InChI is InChI=1S/C16H16O2/c1-10-6-7-12-4-3-5-13-15(17)9-11(2)18-16(13)14(12)8-10/h6-9H,3-5H2,1-2H3. The van der Waals surface area contributed by atoms with E-state index in [2.05, 4.69) is 25.1 Å². The van der Waals surface area contributed by atoms with Crippen molar-refractivity contribution in [2.45, 2.75) is 33.1 Å². The highest BCUT2D eigenvalue weighted by Gasteiger charge is 2.19. The first-order chi connectivity index (χ1) is 8.65. The smallest absolute Gasteiger partial charge is 0.188 e. The largest absolute Gasteiger partial charge is 0.461 e. The van der Waals surface area contributed by atoms with Gasteiger partial charge in [-0.1, -0.05) is 17.7 Å². The normalized spacial score (nSPS) is 13.7.